The number of amides is 2. The molecule has 9 heteroatoms. The van der Waals surface area contributed by atoms with Crippen LogP contribution in [0.15, 0.2) is 40.3 Å². The molecule has 1 aromatic carbocycles. The van der Waals surface area contributed by atoms with Crippen LogP contribution < -0.4 is 14.8 Å². The lowest BCUT2D eigenvalue weighted by Crippen LogP contribution is -2.27. The van der Waals surface area contributed by atoms with E-state index >= 15 is 0 Å². The summed E-state index contributed by atoms with van der Waals surface area (Å²) in [7, 11) is 1.74. The first kappa shape index (κ1) is 19.0. The molecule has 3 aromatic rings. The van der Waals surface area contributed by atoms with E-state index in [0.29, 0.717) is 40.2 Å². The molecule has 1 aliphatic heterocycles. The Hall–Kier alpha value is -3.33. The predicted octanol–water partition coefficient (Wildman–Crippen LogP) is 3.23. The van der Waals surface area contributed by atoms with Crippen molar-refractivity contribution in [2.45, 2.75) is 19.9 Å². The van der Waals surface area contributed by atoms with Crippen molar-refractivity contribution < 1.29 is 23.5 Å². The standard InChI is InChI=1S/C20H19N3O5S/c1-12-15(5-6-26-12)19(25)22-20-21-14(10-29-20)8-18(24)23(2)9-13-3-4-16-17(7-13)28-11-27-16/h3-7,10H,8-9,11H2,1-2H3,(H,21,22,25). The number of carbonyl (C=O) groups is 2. The first-order valence-corrected chi connectivity index (χ1v) is 9.80. The molecule has 0 radical (unpaired) electrons. The largest absolute Gasteiger partial charge is 0.469 e. The lowest BCUT2D eigenvalue weighted by atomic mass is 10.2. The lowest BCUT2D eigenvalue weighted by molar-refractivity contribution is -0.129. The van der Waals surface area contributed by atoms with Gasteiger partial charge in [0.1, 0.15) is 5.76 Å². The Morgan fingerprint density at radius 1 is 1.24 bits per heavy atom. The van der Waals surface area contributed by atoms with Gasteiger partial charge in [-0.15, -0.1) is 11.3 Å². The van der Waals surface area contributed by atoms with Crippen LogP contribution >= 0.6 is 11.3 Å². The second-order valence-electron chi connectivity index (χ2n) is 6.60. The molecule has 1 aliphatic rings. The van der Waals surface area contributed by atoms with E-state index < -0.39 is 0 Å². The van der Waals surface area contributed by atoms with Crippen LogP contribution in [0, 0.1) is 6.92 Å². The summed E-state index contributed by atoms with van der Waals surface area (Å²) in [5.74, 6) is 1.58. The highest BCUT2D eigenvalue weighted by molar-refractivity contribution is 7.14. The topological polar surface area (TPSA) is 93.9 Å². The van der Waals surface area contributed by atoms with E-state index in [-0.39, 0.29) is 25.0 Å². The number of furan rings is 1. The van der Waals surface area contributed by atoms with Gasteiger partial charge in [-0.2, -0.15) is 0 Å². The molecule has 29 heavy (non-hydrogen) atoms. The van der Waals surface area contributed by atoms with E-state index in [2.05, 4.69) is 10.3 Å². The van der Waals surface area contributed by atoms with Crippen molar-refractivity contribution in [1.29, 1.82) is 0 Å². The summed E-state index contributed by atoms with van der Waals surface area (Å²) < 4.78 is 15.8. The van der Waals surface area contributed by atoms with E-state index in [9.17, 15) is 9.59 Å². The third-order valence-electron chi connectivity index (χ3n) is 4.49. The van der Waals surface area contributed by atoms with Crippen molar-refractivity contribution in [3.05, 3.63) is 58.5 Å². The minimum atomic E-state index is -0.289. The first-order chi connectivity index (χ1) is 14.0. The number of ether oxygens (including phenoxy) is 2. The van der Waals surface area contributed by atoms with Gasteiger partial charge in [0.15, 0.2) is 16.6 Å². The fourth-order valence-corrected chi connectivity index (χ4v) is 3.63. The zero-order valence-corrected chi connectivity index (χ0v) is 16.7. The van der Waals surface area contributed by atoms with E-state index in [1.807, 2.05) is 18.2 Å². The number of aryl methyl sites for hydroxylation is 1. The van der Waals surface area contributed by atoms with Gasteiger partial charge >= 0.3 is 0 Å². The van der Waals surface area contributed by atoms with Crippen LogP contribution in [0.3, 0.4) is 0 Å². The number of thiazole rings is 1. The second kappa shape index (κ2) is 7.96. The molecule has 8 nitrogen and oxygen atoms in total. The number of anilines is 1. The van der Waals surface area contributed by atoms with Crippen molar-refractivity contribution in [3.63, 3.8) is 0 Å². The Morgan fingerprint density at radius 2 is 2.07 bits per heavy atom. The Labute approximate surface area is 171 Å². The molecule has 0 unspecified atom stereocenters. The summed E-state index contributed by atoms with van der Waals surface area (Å²) in [6, 6.07) is 7.23. The maximum atomic E-state index is 12.5. The molecule has 0 aliphatic carbocycles. The van der Waals surface area contributed by atoms with E-state index in [1.54, 1.807) is 30.3 Å². The zero-order valence-electron chi connectivity index (χ0n) is 15.9. The Kier molecular flexibility index (Phi) is 5.22. The summed E-state index contributed by atoms with van der Waals surface area (Å²) in [5, 5.41) is 4.94. The van der Waals surface area contributed by atoms with Crippen LogP contribution in [-0.4, -0.2) is 35.5 Å². The van der Waals surface area contributed by atoms with Gasteiger partial charge in [-0.05, 0) is 30.7 Å². The third kappa shape index (κ3) is 4.24. The quantitative estimate of drug-likeness (QED) is 0.667. The minimum absolute atomic E-state index is 0.0727. The molecule has 0 fully saturated rings. The van der Waals surface area contributed by atoms with Crippen LogP contribution in [0.5, 0.6) is 11.5 Å². The average molecular weight is 413 g/mol. The number of hydrogen-bond donors (Lipinski definition) is 1. The summed E-state index contributed by atoms with van der Waals surface area (Å²) in [4.78, 5) is 30.7. The third-order valence-corrected chi connectivity index (χ3v) is 5.30. The van der Waals surface area contributed by atoms with Crippen LogP contribution in [0.1, 0.15) is 27.4 Å². The number of likely N-dealkylation sites (N-methyl/N-ethyl adjacent to an activating group) is 1. The Balaban J connectivity index is 1.33. The monoisotopic (exact) mass is 413 g/mol. The number of rotatable bonds is 6. The summed E-state index contributed by atoms with van der Waals surface area (Å²) in [5.41, 5.74) is 2.02. The lowest BCUT2D eigenvalue weighted by Gasteiger charge is -2.17. The van der Waals surface area contributed by atoms with Crippen LogP contribution in [-0.2, 0) is 17.8 Å². The molecule has 150 valence electrons. The van der Waals surface area contributed by atoms with Crippen molar-refractivity contribution in [3.8, 4) is 11.5 Å². The van der Waals surface area contributed by atoms with Crippen molar-refractivity contribution in [2.75, 3.05) is 19.2 Å². The molecule has 2 amide bonds. The highest BCUT2D eigenvalue weighted by Crippen LogP contribution is 2.32. The maximum absolute atomic E-state index is 12.5. The van der Waals surface area contributed by atoms with Crippen molar-refractivity contribution in [2.24, 2.45) is 0 Å². The smallest absolute Gasteiger partial charge is 0.260 e. The van der Waals surface area contributed by atoms with Gasteiger partial charge in [0.05, 0.1) is 23.9 Å². The number of hydrogen-bond acceptors (Lipinski definition) is 7. The molecule has 4 rings (SSSR count). The van der Waals surface area contributed by atoms with Crippen LogP contribution in [0.4, 0.5) is 5.13 Å². The van der Waals surface area contributed by atoms with E-state index in [4.69, 9.17) is 13.9 Å². The van der Waals surface area contributed by atoms with Gasteiger partial charge in [0, 0.05) is 19.0 Å². The minimum Gasteiger partial charge on any atom is -0.469 e. The Bertz CT molecular complexity index is 1060. The SMILES string of the molecule is Cc1occc1C(=O)Nc1nc(CC(=O)N(C)Cc2ccc3c(c2)OCO3)cs1. The number of carbonyl (C=O) groups excluding carboxylic acids is 2. The second-order valence-corrected chi connectivity index (χ2v) is 7.46. The molecule has 0 spiro atoms. The van der Waals surface area contributed by atoms with Crippen LogP contribution in [0.25, 0.3) is 0 Å². The van der Waals surface area contributed by atoms with Gasteiger partial charge in [-0.1, -0.05) is 6.07 Å². The molecule has 0 bridgehead atoms. The van der Waals surface area contributed by atoms with Gasteiger partial charge < -0.3 is 18.8 Å². The van der Waals surface area contributed by atoms with Gasteiger partial charge in [-0.3, -0.25) is 14.9 Å². The summed E-state index contributed by atoms with van der Waals surface area (Å²) in [6.07, 6.45) is 1.62. The molecule has 0 saturated heterocycles. The molecule has 0 atom stereocenters. The van der Waals surface area contributed by atoms with Crippen LogP contribution in [0.2, 0.25) is 0 Å². The number of fused-ring (bicyclic) bond motifs is 1. The van der Waals surface area contributed by atoms with Gasteiger partial charge in [0.2, 0.25) is 12.7 Å². The summed E-state index contributed by atoms with van der Waals surface area (Å²) in [6.45, 7) is 2.39. The maximum Gasteiger partial charge on any atom is 0.260 e. The van der Waals surface area contributed by atoms with E-state index in [0.717, 1.165) is 5.56 Å². The normalized spacial score (nSPS) is 12.1. The molecular weight excluding hydrogens is 394 g/mol. The predicted molar refractivity (Wildman–Crippen MR) is 106 cm³/mol. The van der Waals surface area contributed by atoms with E-state index in [1.165, 1.54) is 17.6 Å². The summed E-state index contributed by atoms with van der Waals surface area (Å²) >= 11 is 1.28. The molecule has 2 aromatic heterocycles. The highest BCUT2D eigenvalue weighted by atomic mass is 32.1. The van der Waals surface area contributed by atoms with Gasteiger partial charge in [-0.25, -0.2) is 4.98 Å². The van der Waals surface area contributed by atoms with Gasteiger partial charge in [0.25, 0.3) is 5.91 Å². The first-order valence-electron chi connectivity index (χ1n) is 8.92. The zero-order chi connectivity index (χ0) is 20.4. The number of nitrogens with one attached hydrogen (secondary N) is 1. The molecular formula is C20H19N3O5S. The number of benzene rings is 1. The fraction of sp³-hybridized carbons (Fsp3) is 0.250. The molecule has 1 N–H and O–H groups in total. The number of nitrogens with zero attached hydrogens (tertiary/aromatic N) is 2. The molecule has 0 saturated carbocycles. The fourth-order valence-electron chi connectivity index (χ4n) is 2.92. The Morgan fingerprint density at radius 3 is 2.86 bits per heavy atom. The van der Waals surface area contributed by atoms with Crippen molar-refractivity contribution >= 4 is 28.3 Å². The number of aromatic nitrogens is 1. The molecule has 3 heterocycles. The average Bonchev–Trinajstić information content (AvgIpc) is 3.42. The van der Waals surface area contributed by atoms with Crippen molar-refractivity contribution in [1.82, 2.24) is 9.88 Å². The highest BCUT2D eigenvalue weighted by Gasteiger charge is 2.18.